The highest BCUT2D eigenvalue weighted by molar-refractivity contribution is 6.21. The third-order valence-electron chi connectivity index (χ3n) is 6.10. The van der Waals surface area contributed by atoms with Crippen LogP contribution in [0.5, 0.6) is 0 Å². The van der Waals surface area contributed by atoms with E-state index in [1.807, 2.05) is 20.8 Å². The fraction of sp³-hybridized carbons (Fsp3) is 0.480. The van der Waals surface area contributed by atoms with Gasteiger partial charge in [0, 0.05) is 41.4 Å². The summed E-state index contributed by atoms with van der Waals surface area (Å²) in [6, 6.07) is 7.01. The van der Waals surface area contributed by atoms with E-state index < -0.39 is 0 Å². The zero-order valence-electron chi connectivity index (χ0n) is 20.0. The second-order valence-corrected chi connectivity index (χ2v) is 7.95. The Kier molecular flexibility index (Phi) is 7.45. The van der Waals surface area contributed by atoms with Crippen molar-refractivity contribution in [1.29, 1.82) is 0 Å². The standard InChI is InChI=1S/C25H31N3O6/c1-4-32-14-11-26-19-9-7-17-21-18(24(30)28(23(17)29)13-16-34-6-3)8-10-20(22(19)21)27(25(26)31)12-15-33-5-2/h7-10H,4-6,11-16H2,1-3H3. The smallest absolute Gasteiger partial charge is 0.329 e. The van der Waals surface area contributed by atoms with Gasteiger partial charge in [0.2, 0.25) is 0 Å². The lowest BCUT2D eigenvalue weighted by Gasteiger charge is -2.20. The molecule has 0 spiro atoms. The molecule has 9 nitrogen and oxygen atoms in total. The molecule has 9 heteroatoms. The van der Waals surface area contributed by atoms with Gasteiger partial charge in [0.15, 0.2) is 0 Å². The lowest BCUT2D eigenvalue weighted by molar-refractivity contribution is 0.134. The van der Waals surface area contributed by atoms with Gasteiger partial charge in [-0.1, -0.05) is 0 Å². The number of nitrogens with zero attached hydrogens (tertiary/aromatic N) is 3. The van der Waals surface area contributed by atoms with E-state index in [-0.39, 0.29) is 30.0 Å². The van der Waals surface area contributed by atoms with Crippen LogP contribution in [0.2, 0.25) is 0 Å². The summed E-state index contributed by atoms with van der Waals surface area (Å²) in [5, 5.41) is 2.23. The van der Waals surface area contributed by atoms with Crippen LogP contribution in [0.4, 0.5) is 0 Å². The summed E-state index contributed by atoms with van der Waals surface area (Å²) >= 11 is 0. The largest absolute Gasteiger partial charge is 0.380 e. The van der Waals surface area contributed by atoms with E-state index in [1.54, 1.807) is 33.4 Å². The molecule has 34 heavy (non-hydrogen) atoms. The molecule has 0 fully saturated rings. The molecule has 0 saturated carbocycles. The van der Waals surface area contributed by atoms with Crippen molar-refractivity contribution in [3.05, 3.63) is 55.5 Å². The highest BCUT2D eigenvalue weighted by Gasteiger charge is 2.21. The van der Waals surface area contributed by atoms with E-state index in [0.29, 0.717) is 73.3 Å². The molecule has 2 aromatic heterocycles. The third-order valence-corrected chi connectivity index (χ3v) is 6.10. The topological polar surface area (TPSA) is 93.7 Å². The lowest BCUT2D eigenvalue weighted by atomic mass is 10.00. The molecule has 0 saturated heterocycles. The van der Waals surface area contributed by atoms with Gasteiger partial charge < -0.3 is 14.2 Å². The molecule has 2 heterocycles. The van der Waals surface area contributed by atoms with Crippen LogP contribution in [-0.4, -0.2) is 53.3 Å². The molecule has 4 rings (SSSR count). The molecule has 0 bridgehead atoms. The Morgan fingerprint density at radius 2 is 1.00 bits per heavy atom. The SMILES string of the molecule is CCOCCn1c(=O)c2ccc3c4c2c(ccc4n(CCOCC)c(=O)n3CCOCC)c1=O. The molecular weight excluding hydrogens is 438 g/mol. The summed E-state index contributed by atoms with van der Waals surface area (Å²) in [5.74, 6) is 0. The predicted molar refractivity (Wildman–Crippen MR) is 132 cm³/mol. The second-order valence-electron chi connectivity index (χ2n) is 7.95. The molecule has 0 amide bonds. The van der Waals surface area contributed by atoms with Crippen LogP contribution < -0.4 is 16.8 Å². The Balaban J connectivity index is 2.03. The van der Waals surface area contributed by atoms with Crippen LogP contribution >= 0.6 is 0 Å². The highest BCUT2D eigenvalue weighted by Crippen LogP contribution is 2.31. The van der Waals surface area contributed by atoms with Crippen LogP contribution in [0, 0.1) is 0 Å². The number of rotatable bonds is 12. The van der Waals surface area contributed by atoms with E-state index in [2.05, 4.69) is 0 Å². The zero-order chi connectivity index (χ0) is 24.2. The molecule has 0 aliphatic heterocycles. The highest BCUT2D eigenvalue weighted by atomic mass is 16.5. The average Bonchev–Trinajstić information content (AvgIpc) is 2.84. The Morgan fingerprint density at radius 1 is 0.588 bits per heavy atom. The van der Waals surface area contributed by atoms with E-state index in [1.165, 1.54) is 4.57 Å². The van der Waals surface area contributed by atoms with Crippen LogP contribution in [0.1, 0.15) is 20.8 Å². The predicted octanol–water partition coefficient (Wildman–Crippen LogP) is 2.18. The van der Waals surface area contributed by atoms with E-state index in [4.69, 9.17) is 14.2 Å². The minimum atomic E-state index is -0.348. The van der Waals surface area contributed by atoms with Crippen molar-refractivity contribution in [3.63, 3.8) is 0 Å². The average molecular weight is 470 g/mol. The first kappa shape index (κ1) is 24.1. The summed E-state index contributed by atoms with van der Waals surface area (Å²) in [6.07, 6.45) is 0. The Morgan fingerprint density at radius 3 is 1.41 bits per heavy atom. The first-order chi connectivity index (χ1) is 16.5. The first-order valence-electron chi connectivity index (χ1n) is 11.8. The number of aromatic nitrogens is 3. The summed E-state index contributed by atoms with van der Waals surface area (Å²) in [5.41, 5.74) is 0.480. The molecule has 4 aromatic rings. The lowest BCUT2D eigenvalue weighted by Crippen LogP contribution is -2.36. The Bertz CT molecular complexity index is 1370. The number of hydrogen-bond acceptors (Lipinski definition) is 6. The third kappa shape index (κ3) is 4.15. The monoisotopic (exact) mass is 469 g/mol. The summed E-state index contributed by atoms with van der Waals surface area (Å²) in [6.45, 7) is 9.23. The maximum Gasteiger partial charge on any atom is 0.329 e. The molecule has 182 valence electrons. The fourth-order valence-corrected chi connectivity index (χ4v) is 4.54. The van der Waals surface area contributed by atoms with E-state index >= 15 is 0 Å². The maximum atomic E-state index is 13.5. The Labute approximate surface area is 196 Å². The van der Waals surface area contributed by atoms with Gasteiger partial charge in [-0.05, 0) is 45.0 Å². The minimum Gasteiger partial charge on any atom is -0.380 e. The van der Waals surface area contributed by atoms with Crippen LogP contribution in [-0.2, 0) is 33.8 Å². The van der Waals surface area contributed by atoms with Crippen molar-refractivity contribution < 1.29 is 14.2 Å². The van der Waals surface area contributed by atoms with Gasteiger partial charge in [0.25, 0.3) is 11.1 Å². The summed E-state index contributed by atoms with van der Waals surface area (Å²) in [4.78, 5) is 40.1. The van der Waals surface area contributed by atoms with Gasteiger partial charge in [-0.3, -0.25) is 23.3 Å². The number of benzene rings is 2. The molecule has 0 aliphatic carbocycles. The molecule has 0 N–H and O–H groups in total. The van der Waals surface area contributed by atoms with Crippen LogP contribution in [0.15, 0.2) is 38.6 Å². The van der Waals surface area contributed by atoms with Crippen molar-refractivity contribution in [1.82, 2.24) is 13.7 Å². The number of ether oxygens (including phenoxy) is 3. The molecular formula is C25H31N3O6. The quantitative estimate of drug-likeness (QED) is 0.233. The molecule has 0 aliphatic rings. The van der Waals surface area contributed by atoms with Gasteiger partial charge in [-0.25, -0.2) is 4.79 Å². The summed E-state index contributed by atoms with van der Waals surface area (Å²) < 4.78 is 21.0. The zero-order valence-corrected chi connectivity index (χ0v) is 20.0. The van der Waals surface area contributed by atoms with Crippen molar-refractivity contribution >= 4 is 32.6 Å². The van der Waals surface area contributed by atoms with Gasteiger partial charge in [0.05, 0.1) is 50.5 Å². The molecule has 0 radical (unpaired) electrons. The van der Waals surface area contributed by atoms with Crippen LogP contribution in [0.25, 0.3) is 32.6 Å². The van der Waals surface area contributed by atoms with Crippen LogP contribution in [0.3, 0.4) is 0 Å². The number of hydrogen-bond donors (Lipinski definition) is 0. The molecule has 0 unspecified atom stereocenters. The van der Waals surface area contributed by atoms with Crippen molar-refractivity contribution in [2.45, 2.75) is 40.4 Å². The van der Waals surface area contributed by atoms with E-state index in [9.17, 15) is 14.4 Å². The molecule has 2 aromatic carbocycles. The molecule has 0 atom stereocenters. The minimum absolute atomic E-state index is 0.179. The fourth-order valence-electron chi connectivity index (χ4n) is 4.54. The van der Waals surface area contributed by atoms with Gasteiger partial charge in [-0.2, -0.15) is 0 Å². The maximum absolute atomic E-state index is 13.5. The Hall–Kier alpha value is -3.01. The number of pyridine rings is 1. The summed E-state index contributed by atoms with van der Waals surface area (Å²) in [7, 11) is 0. The van der Waals surface area contributed by atoms with Gasteiger partial charge in [-0.15, -0.1) is 0 Å². The van der Waals surface area contributed by atoms with Gasteiger partial charge in [0.1, 0.15) is 0 Å². The van der Waals surface area contributed by atoms with E-state index in [0.717, 1.165) is 5.39 Å². The second kappa shape index (κ2) is 10.5. The van der Waals surface area contributed by atoms with Crippen molar-refractivity contribution in [2.75, 3.05) is 39.6 Å². The normalized spacial score (nSPS) is 12.0. The van der Waals surface area contributed by atoms with Crippen molar-refractivity contribution in [2.24, 2.45) is 0 Å². The first-order valence-corrected chi connectivity index (χ1v) is 11.8. The van der Waals surface area contributed by atoms with Crippen molar-refractivity contribution in [3.8, 4) is 0 Å². The van der Waals surface area contributed by atoms with Gasteiger partial charge >= 0.3 is 5.69 Å².